The third kappa shape index (κ3) is 3.74. The Morgan fingerprint density at radius 2 is 1.89 bits per heavy atom. The maximum absolute atomic E-state index is 13.3. The molecule has 1 unspecified atom stereocenters. The van der Waals surface area contributed by atoms with Crippen LogP contribution in [0.25, 0.3) is 10.3 Å². The molecule has 1 saturated heterocycles. The molecule has 1 aliphatic heterocycles. The monoisotopic (exact) mass is 418 g/mol. The Morgan fingerprint density at radius 1 is 1.18 bits per heavy atom. The van der Waals surface area contributed by atoms with Crippen molar-refractivity contribution in [1.29, 1.82) is 0 Å². The average Bonchev–Trinajstić information content (AvgIpc) is 3.16. The second kappa shape index (κ2) is 8.10. The predicted molar refractivity (Wildman–Crippen MR) is 112 cm³/mol. The Labute approximate surface area is 170 Å². The second-order valence-electron chi connectivity index (χ2n) is 6.79. The topological polar surface area (TPSA) is 83.3 Å². The van der Waals surface area contributed by atoms with Crippen molar-refractivity contribution in [3.63, 3.8) is 0 Å². The van der Waals surface area contributed by atoms with E-state index in [0.717, 1.165) is 37.2 Å². The van der Waals surface area contributed by atoms with Gasteiger partial charge in [-0.1, -0.05) is 12.1 Å². The minimum atomic E-state index is -1.24. The van der Waals surface area contributed by atoms with E-state index in [1.807, 2.05) is 24.3 Å². The van der Waals surface area contributed by atoms with Gasteiger partial charge < -0.3 is 14.2 Å². The molecule has 1 atom stereocenters. The molecule has 0 amide bonds. The fourth-order valence-electron chi connectivity index (χ4n) is 3.39. The number of methoxy groups -OCH3 is 1. The summed E-state index contributed by atoms with van der Waals surface area (Å²) in [6.07, 6.45) is 4.94. The summed E-state index contributed by atoms with van der Waals surface area (Å²) in [6.45, 7) is 2.16. The zero-order valence-electron chi connectivity index (χ0n) is 15.9. The fraction of sp³-hybridized carbons (Fsp3) is 0.421. The van der Waals surface area contributed by atoms with E-state index in [-0.39, 0.29) is 5.56 Å². The normalized spacial score (nSPS) is 15.8. The molecule has 0 spiro atoms. The number of fused-ring (bicyclic) bond motifs is 1. The van der Waals surface area contributed by atoms with Crippen LogP contribution in [0.4, 0.5) is 5.95 Å². The van der Waals surface area contributed by atoms with Gasteiger partial charge in [-0.25, -0.2) is 4.98 Å². The molecule has 1 fully saturated rings. The molecule has 0 bridgehead atoms. The fourth-order valence-corrected chi connectivity index (χ4v) is 4.98. The lowest BCUT2D eigenvalue weighted by Gasteiger charge is -2.29. The van der Waals surface area contributed by atoms with Crippen molar-refractivity contribution in [3.05, 3.63) is 40.2 Å². The summed E-state index contributed by atoms with van der Waals surface area (Å²) in [4.78, 5) is 25.1. The van der Waals surface area contributed by atoms with Gasteiger partial charge in [-0.05, 0) is 48.3 Å². The van der Waals surface area contributed by atoms with Gasteiger partial charge in [-0.15, -0.1) is 0 Å². The summed E-state index contributed by atoms with van der Waals surface area (Å²) in [5.41, 5.74) is 1.09. The van der Waals surface area contributed by atoms with Crippen molar-refractivity contribution < 1.29 is 9.29 Å². The first-order valence-electron chi connectivity index (χ1n) is 9.19. The Hall–Kier alpha value is -2.10. The second-order valence-corrected chi connectivity index (χ2v) is 9.32. The van der Waals surface area contributed by atoms with Crippen molar-refractivity contribution in [2.75, 3.05) is 31.4 Å². The maximum Gasteiger partial charge on any atom is 0.304 e. The van der Waals surface area contributed by atoms with Gasteiger partial charge in [0, 0.05) is 24.3 Å². The number of anilines is 1. The minimum Gasteiger partial charge on any atom is -0.610 e. The van der Waals surface area contributed by atoms with Crippen LogP contribution >= 0.6 is 11.3 Å². The number of aromatic nitrogens is 3. The van der Waals surface area contributed by atoms with Gasteiger partial charge in [-0.2, -0.15) is 4.98 Å². The number of piperidine rings is 1. The Kier molecular flexibility index (Phi) is 5.56. The van der Waals surface area contributed by atoms with Gasteiger partial charge in [0.15, 0.2) is 10.3 Å². The molecule has 7 nitrogen and oxygen atoms in total. The quantitative estimate of drug-likeness (QED) is 0.593. The molecular weight excluding hydrogens is 396 g/mol. The summed E-state index contributed by atoms with van der Waals surface area (Å²) in [5, 5.41) is 0. The maximum atomic E-state index is 13.3. The van der Waals surface area contributed by atoms with E-state index in [4.69, 9.17) is 9.72 Å². The van der Waals surface area contributed by atoms with E-state index in [1.165, 1.54) is 17.8 Å². The van der Waals surface area contributed by atoms with Crippen LogP contribution in [0.2, 0.25) is 0 Å². The molecule has 4 rings (SSSR count). The average molecular weight is 419 g/mol. The summed E-state index contributed by atoms with van der Waals surface area (Å²) < 4.78 is 19.2. The number of nitrogens with zero attached hydrogens (tertiary/aromatic N) is 4. The number of benzene rings is 1. The molecule has 9 heteroatoms. The van der Waals surface area contributed by atoms with Crippen molar-refractivity contribution >= 4 is 38.8 Å². The number of hydrogen-bond acceptors (Lipinski definition) is 7. The third-order valence-corrected chi connectivity index (χ3v) is 7.15. The van der Waals surface area contributed by atoms with E-state index >= 15 is 0 Å². The predicted octanol–water partition coefficient (Wildman–Crippen LogP) is 2.64. The molecule has 2 aromatic heterocycles. The van der Waals surface area contributed by atoms with Crippen LogP contribution < -0.4 is 15.2 Å². The lowest BCUT2D eigenvalue weighted by atomic mass is 10.1. The minimum absolute atomic E-state index is 0.186. The van der Waals surface area contributed by atoms with Crippen LogP contribution in [0.5, 0.6) is 5.75 Å². The molecule has 1 aliphatic rings. The third-order valence-electron chi connectivity index (χ3n) is 4.86. The molecule has 0 N–H and O–H groups in total. The Balaban J connectivity index is 1.82. The molecule has 148 valence electrons. The summed E-state index contributed by atoms with van der Waals surface area (Å²) in [6, 6.07) is 7.66. The van der Waals surface area contributed by atoms with Crippen molar-refractivity contribution in [1.82, 2.24) is 14.5 Å². The molecule has 0 aliphatic carbocycles. The van der Waals surface area contributed by atoms with Gasteiger partial charge in [0.25, 0.3) is 5.56 Å². The summed E-state index contributed by atoms with van der Waals surface area (Å²) in [7, 11) is 1.63. The van der Waals surface area contributed by atoms with Crippen LogP contribution in [0.3, 0.4) is 0 Å². The Morgan fingerprint density at radius 3 is 2.54 bits per heavy atom. The van der Waals surface area contributed by atoms with E-state index in [2.05, 4.69) is 9.88 Å². The first kappa shape index (κ1) is 19.2. The smallest absolute Gasteiger partial charge is 0.304 e. The standard InChI is InChI=1S/C19H22N4O3S2/c1-26-14-8-6-13(7-9-14)12-23-17(24)15-16(27-19(20-15)28(2)25)21-18(23)22-10-4-3-5-11-22/h6-9H,3-5,10-12H2,1-2H3. The van der Waals surface area contributed by atoms with Crippen molar-refractivity contribution in [3.8, 4) is 5.75 Å². The van der Waals surface area contributed by atoms with Gasteiger partial charge in [0.2, 0.25) is 5.95 Å². The highest BCUT2D eigenvalue weighted by Gasteiger charge is 2.23. The molecular formula is C19H22N4O3S2. The lowest BCUT2D eigenvalue weighted by Crippen LogP contribution is -2.36. The van der Waals surface area contributed by atoms with Crippen LogP contribution in [0.1, 0.15) is 24.8 Å². The molecule has 1 aromatic carbocycles. The van der Waals surface area contributed by atoms with E-state index in [1.54, 1.807) is 17.9 Å². The van der Waals surface area contributed by atoms with Gasteiger partial charge >= 0.3 is 4.34 Å². The van der Waals surface area contributed by atoms with E-state index < -0.39 is 11.2 Å². The van der Waals surface area contributed by atoms with E-state index in [9.17, 15) is 9.35 Å². The first-order valence-corrected chi connectivity index (χ1v) is 11.6. The van der Waals surface area contributed by atoms with Gasteiger partial charge in [0.05, 0.1) is 13.7 Å². The molecule has 28 heavy (non-hydrogen) atoms. The highest BCUT2D eigenvalue weighted by molar-refractivity contribution is 7.92. The highest BCUT2D eigenvalue weighted by Crippen LogP contribution is 2.26. The number of thiazole rings is 1. The zero-order valence-corrected chi connectivity index (χ0v) is 17.5. The summed E-state index contributed by atoms with van der Waals surface area (Å²) >= 11 is 0.000976. The van der Waals surface area contributed by atoms with Gasteiger partial charge in [-0.3, -0.25) is 9.36 Å². The number of ether oxygens (including phenoxy) is 1. The number of hydrogen-bond donors (Lipinski definition) is 0. The first-order chi connectivity index (χ1) is 13.6. The van der Waals surface area contributed by atoms with Crippen LogP contribution in [0.15, 0.2) is 33.4 Å². The van der Waals surface area contributed by atoms with Crippen molar-refractivity contribution in [2.24, 2.45) is 0 Å². The molecule has 3 heterocycles. The molecule has 3 aromatic rings. The highest BCUT2D eigenvalue weighted by atomic mass is 32.2. The van der Waals surface area contributed by atoms with Crippen LogP contribution in [-0.4, -0.2) is 45.5 Å². The van der Waals surface area contributed by atoms with Crippen LogP contribution in [0, 0.1) is 0 Å². The largest absolute Gasteiger partial charge is 0.610 e. The molecule has 0 saturated carbocycles. The SMILES string of the molecule is COc1ccc(Cn2c(N3CCCCC3)nc3sc([S+](C)[O-])nc3c2=O)cc1. The van der Waals surface area contributed by atoms with Gasteiger partial charge in [0.1, 0.15) is 12.0 Å². The number of rotatable bonds is 5. The van der Waals surface area contributed by atoms with E-state index in [0.29, 0.717) is 27.2 Å². The Bertz CT molecular complexity index is 1020. The van der Waals surface area contributed by atoms with Crippen LogP contribution in [-0.2, 0) is 17.7 Å². The molecule has 0 radical (unpaired) electrons. The summed E-state index contributed by atoms with van der Waals surface area (Å²) in [5.74, 6) is 1.44. The lowest BCUT2D eigenvalue weighted by molar-refractivity contribution is 0.414. The zero-order chi connectivity index (χ0) is 19.7. The van der Waals surface area contributed by atoms with Crippen molar-refractivity contribution in [2.45, 2.75) is 30.1 Å².